The predicted molar refractivity (Wildman–Crippen MR) is 140 cm³/mol. The Morgan fingerprint density at radius 1 is 0.742 bits per heavy atom. The van der Waals surface area contributed by atoms with Crippen LogP contribution < -0.4 is 10.3 Å². The van der Waals surface area contributed by atoms with E-state index in [1.54, 1.807) is 0 Å². The molecule has 31 heavy (non-hydrogen) atoms. The Hall–Kier alpha value is -0.640. The van der Waals surface area contributed by atoms with Gasteiger partial charge in [-0.3, -0.25) is 3.07 Å². The zero-order valence-corrected chi connectivity index (χ0v) is 22.2. The van der Waals surface area contributed by atoms with Gasteiger partial charge in [0.05, 0.1) is 0 Å². The molecule has 180 valence electrons. The van der Waals surface area contributed by atoms with Crippen LogP contribution in [0.2, 0.25) is 0 Å². The summed E-state index contributed by atoms with van der Waals surface area (Å²) in [5.41, 5.74) is 1.39. The van der Waals surface area contributed by atoms with Gasteiger partial charge in [0.15, 0.2) is 21.2 Å². The summed E-state index contributed by atoms with van der Waals surface area (Å²) in [6, 6.07) is 8.32. The molecule has 0 atom stereocenters. The van der Waals surface area contributed by atoms with Crippen molar-refractivity contribution in [2.24, 2.45) is 10.3 Å². The average Bonchev–Trinajstić information content (AvgIpc) is 2.72. The lowest BCUT2D eigenvalue weighted by Gasteiger charge is -2.02. The Labute approximate surface area is 201 Å². The largest absolute Gasteiger partial charge is 0.271 e. The fourth-order valence-electron chi connectivity index (χ4n) is 3.28. The molecule has 0 aliphatic carbocycles. The summed E-state index contributed by atoms with van der Waals surface area (Å²) in [7, 11) is -3.67. The van der Waals surface area contributed by atoms with E-state index < -0.39 is 31.4 Å². The molecule has 0 unspecified atom stereocenters. The molecule has 0 radical (unpaired) electrons. The number of unbranched alkanes of at least 4 members (excludes halogenated alkanes) is 12. The van der Waals surface area contributed by atoms with Crippen molar-refractivity contribution in [2.75, 3.05) is 0 Å². The van der Waals surface area contributed by atoms with E-state index in [1.807, 2.05) is 12.1 Å². The quantitative estimate of drug-likeness (QED) is 0.122. The van der Waals surface area contributed by atoms with E-state index >= 15 is 0 Å². The van der Waals surface area contributed by atoms with Crippen LogP contribution in [0.25, 0.3) is 0 Å². The minimum atomic E-state index is -3.67. The van der Waals surface area contributed by atoms with Crippen molar-refractivity contribution in [1.29, 1.82) is 0 Å². The Kier molecular flexibility index (Phi) is 20.8. The van der Waals surface area contributed by atoms with Gasteiger partial charge in [0.2, 0.25) is 0 Å². The number of aryl methyl sites for hydroxylation is 1. The van der Waals surface area contributed by atoms with Gasteiger partial charge in [0.1, 0.15) is 0 Å². The second kappa shape index (κ2) is 21.2. The van der Waals surface area contributed by atoms with Gasteiger partial charge in [-0.1, -0.05) is 89.0 Å². The van der Waals surface area contributed by atoms with Gasteiger partial charge >= 0.3 is 0 Å². The number of hydrogen-bond acceptors (Lipinski definition) is 3. The van der Waals surface area contributed by atoms with Crippen LogP contribution in [0, 0.1) is 3.57 Å². The van der Waals surface area contributed by atoms with E-state index in [0.717, 1.165) is 9.99 Å². The second-order valence-electron chi connectivity index (χ2n) is 7.98. The van der Waals surface area contributed by atoms with Crippen LogP contribution in [-0.2, 0) is 19.7 Å². The zero-order valence-electron chi connectivity index (χ0n) is 19.2. The highest BCUT2D eigenvalue weighted by Crippen LogP contribution is 2.14. The fraction of sp³-hybridized carbons (Fsp3) is 0.667. The van der Waals surface area contributed by atoms with Crippen LogP contribution >= 0.6 is 21.2 Å². The highest BCUT2D eigenvalue weighted by atomic mass is 127. The Morgan fingerprint density at radius 3 is 1.61 bits per heavy atom. The van der Waals surface area contributed by atoms with Gasteiger partial charge in [-0.2, -0.15) is 8.42 Å². The summed E-state index contributed by atoms with van der Waals surface area (Å²) < 4.78 is 30.2. The molecular formula is C24H43IN2O3S. The number of benzene rings is 1. The Balaban J connectivity index is 0.00000161. The molecule has 0 aliphatic rings. The predicted octanol–water partition coefficient (Wildman–Crippen LogP) is 6.90. The van der Waals surface area contributed by atoms with Crippen molar-refractivity contribution in [3.63, 3.8) is 0 Å². The molecular weight excluding hydrogens is 523 g/mol. The Bertz CT molecular complexity index is 669. The maximum absolute atomic E-state index is 10.9. The lowest BCUT2D eigenvalue weighted by Crippen LogP contribution is -2.21. The van der Waals surface area contributed by atoms with Gasteiger partial charge in [0.25, 0.3) is 10.2 Å². The molecule has 0 saturated heterocycles. The monoisotopic (exact) mass is 566 g/mol. The first-order chi connectivity index (χ1) is 14.9. The van der Waals surface area contributed by atoms with Crippen molar-refractivity contribution in [1.82, 2.24) is 0 Å². The topological polar surface area (TPSA) is 103 Å². The van der Waals surface area contributed by atoms with Gasteiger partial charge in [0, 0.05) is 3.57 Å². The van der Waals surface area contributed by atoms with Crippen molar-refractivity contribution in [3.05, 3.63) is 45.6 Å². The maximum Gasteiger partial charge on any atom is 0.271 e. The number of rotatable bonds is 17. The molecule has 0 amide bonds. The summed E-state index contributed by atoms with van der Waals surface area (Å²) >= 11 is -0.996. The van der Waals surface area contributed by atoms with Crippen molar-refractivity contribution in [2.45, 2.75) is 103 Å². The molecule has 1 aromatic rings. The van der Waals surface area contributed by atoms with E-state index in [-0.39, 0.29) is 0 Å². The number of nitrogens with two attached hydrogens (primary N) is 2. The molecule has 0 saturated carbocycles. The molecule has 4 N–H and O–H groups in total. The fourth-order valence-corrected chi connectivity index (χ4v) is 3.93. The van der Waals surface area contributed by atoms with Gasteiger partial charge in [-0.05, 0) is 56.2 Å². The molecule has 0 spiro atoms. The minimum absolute atomic E-state index is 0.996. The molecule has 0 heterocycles. The highest BCUT2D eigenvalue weighted by Gasteiger charge is 1.95. The van der Waals surface area contributed by atoms with Crippen LogP contribution in [0.4, 0.5) is 0 Å². The number of allylic oxidation sites excluding steroid dienone is 2. The van der Waals surface area contributed by atoms with E-state index in [0.29, 0.717) is 0 Å². The van der Waals surface area contributed by atoms with E-state index in [4.69, 9.17) is 0 Å². The van der Waals surface area contributed by atoms with Gasteiger partial charge in [-0.25, -0.2) is 10.3 Å². The van der Waals surface area contributed by atoms with Gasteiger partial charge < -0.3 is 0 Å². The Morgan fingerprint density at radius 2 is 1.16 bits per heavy atom. The number of halogens is 1. The first-order valence-electron chi connectivity index (χ1n) is 11.7. The molecule has 0 aromatic heterocycles. The van der Waals surface area contributed by atoms with Gasteiger partial charge in [-0.15, -0.1) is 0 Å². The number of hydrogen-bond donors (Lipinski definition) is 2. The second-order valence-corrected chi connectivity index (χ2v) is 10.8. The lowest BCUT2D eigenvalue weighted by molar-refractivity contribution is 0.577. The minimum Gasteiger partial charge on any atom is -0.265 e. The molecule has 0 aliphatic heterocycles. The smallest absolute Gasteiger partial charge is 0.265 e. The first kappa shape index (κ1) is 30.4. The normalized spacial score (nSPS) is 11.5. The molecule has 7 heteroatoms. The first-order valence-corrected chi connectivity index (χ1v) is 15.2. The van der Waals surface area contributed by atoms with Crippen LogP contribution in [-0.4, -0.2) is 8.42 Å². The lowest BCUT2D eigenvalue weighted by atomic mass is 10.1. The van der Waals surface area contributed by atoms with Crippen molar-refractivity contribution < 1.29 is 11.5 Å². The molecule has 0 fully saturated rings. The molecule has 0 bridgehead atoms. The third kappa shape index (κ3) is 25.5. The molecule has 1 rings (SSSR count). The third-order valence-electron chi connectivity index (χ3n) is 4.98. The summed E-state index contributed by atoms with van der Waals surface area (Å²) in [4.78, 5) is 0. The van der Waals surface area contributed by atoms with Crippen LogP contribution in [0.5, 0.6) is 0 Å². The summed E-state index contributed by atoms with van der Waals surface area (Å²) in [5, 5.41) is 8.21. The SMILES string of the molecule is CCCCCCCCCCC=CCCCCCCc1ccc(I=O)cc1.NS(N)(=O)=O. The maximum atomic E-state index is 10.9. The van der Waals surface area contributed by atoms with Crippen molar-refractivity contribution >= 4 is 31.4 Å². The standard InChI is InChI=1S/C24H39IO.H4N2O2S/c1-2-3-4-5-6-7-8-9-10-11-12-13-14-15-16-17-18-23-19-21-24(25-26)22-20-23;1-5(2,3)4/h11-12,19-22H,2-10,13-18H2,1H3;(H4,1,2,3,4). The summed E-state index contributed by atoms with van der Waals surface area (Å²) in [5.74, 6) is 0. The third-order valence-corrected chi connectivity index (χ3v) is 6.21. The molecule has 5 nitrogen and oxygen atoms in total. The van der Waals surface area contributed by atoms with Crippen molar-refractivity contribution in [3.8, 4) is 0 Å². The molecule has 1 aromatic carbocycles. The van der Waals surface area contributed by atoms with Crippen LogP contribution in [0.3, 0.4) is 0 Å². The van der Waals surface area contributed by atoms with E-state index in [2.05, 4.69) is 41.5 Å². The summed E-state index contributed by atoms with van der Waals surface area (Å²) in [6.07, 6.45) is 25.0. The van der Waals surface area contributed by atoms with Crippen LogP contribution in [0.15, 0.2) is 36.4 Å². The van der Waals surface area contributed by atoms with E-state index in [1.165, 1.54) is 95.5 Å². The van der Waals surface area contributed by atoms with E-state index in [9.17, 15) is 11.5 Å². The average molecular weight is 567 g/mol. The van der Waals surface area contributed by atoms with Crippen LogP contribution in [0.1, 0.15) is 102 Å². The highest BCUT2D eigenvalue weighted by molar-refractivity contribution is 14.1. The zero-order chi connectivity index (χ0) is 23.2. The summed E-state index contributed by atoms with van der Waals surface area (Å²) in [6.45, 7) is 2.28.